The smallest absolute Gasteiger partial charge is 0.257 e. The molecule has 0 fully saturated rings. The van der Waals surface area contributed by atoms with E-state index in [4.69, 9.17) is 4.74 Å². The number of aryl methyl sites for hydroxylation is 1. The number of rotatable bonds is 3. The topological polar surface area (TPSA) is 38.3 Å². The minimum Gasteiger partial charge on any atom is -0.483 e. The van der Waals surface area contributed by atoms with Gasteiger partial charge in [0.1, 0.15) is 5.75 Å². The third kappa shape index (κ3) is 3.03. The molecule has 0 unspecified atom stereocenters. The molecule has 0 radical (unpaired) electrons. The lowest BCUT2D eigenvalue weighted by Crippen LogP contribution is -2.24. The van der Waals surface area contributed by atoms with Crippen LogP contribution in [0.25, 0.3) is 0 Å². The lowest BCUT2D eigenvalue weighted by molar-refractivity contribution is -0.122. The Hall–Kier alpha value is -1.03. The third-order valence-corrected chi connectivity index (χ3v) is 2.34. The Morgan fingerprint density at radius 2 is 2.29 bits per heavy atom. The van der Waals surface area contributed by atoms with E-state index in [9.17, 15) is 4.79 Å². The first-order valence-corrected chi connectivity index (χ1v) is 5.02. The van der Waals surface area contributed by atoms with Gasteiger partial charge in [0.25, 0.3) is 5.91 Å². The van der Waals surface area contributed by atoms with Crippen LogP contribution in [0, 0.1) is 6.92 Å². The molecule has 0 spiro atoms. The molecule has 76 valence electrons. The Morgan fingerprint density at radius 1 is 1.57 bits per heavy atom. The molecule has 0 aliphatic heterocycles. The Labute approximate surface area is 91.6 Å². The zero-order valence-corrected chi connectivity index (χ0v) is 9.72. The van der Waals surface area contributed by atoms with Gasteiger partial charge in [-0.05, 0) is 40.5 Å². The number of carbonyl (C=O) groups is 1. The summed E-state index contributed by atoms with van der Waals surface area (Å²) in [6.07, 6.45) is 0. The molecular weight excluding hydrogens is 246 g/mol. The molecule has 1 amide bonds. The molecule has 0 atom stereocenters. The second-order valence-electron chi connectivity index (χ2n) is 2.90. The first kappa shape index (κ1) is 11.0. The summed E-state index contributed by atoms with van der Waals surface area (Å²) in [5.74, 6) is 0.539. The average Bonchev–Trinajstić information content (AvgIpc) is 2.16. The zero-order valence-electron chi connectivity index (χ0n) is 8.13. The lowest BCUT2D eigenvalue weighted by Gasteiger charge is -2.07. The number of hydrogen-bond donors (Lipinski definition) is 1. The van der Waals surface area contributed by atoms with Crippen LogP contribution < -0.4 is 10.1 Å². The molecule has 0 saturated heterocycles. The minimum absolute atomic E-state index is 0.0398. The molecule has 1 aromatic carbocycles. The quantitative estimate of drug-likeness (QED) is 0.898. The van der Waals surface area contributed by atoms with Gasteiger partial charge in [0.2, 0.25) is 0 Å². The number of likely N-dealkylation sites (N-methyl/N-ethyl adjacent to an activating group) is 1. The summed E-state index contributed by atoms with van der Waals surface area (Å²) in [5.41, 5.74) is 1.14. The van der Waals surface area contributed by atoms with Gasteiger partial charge in [-0.1, -0.05) is 6.07 Å². The molecule has 0 bridgehead atoms. The van der Waals surface area contributed by atoms with E-state index >= 15 is 0 Å². The van der Waals surface area contributed by atoms with Gasteiger partial charge >= 0.3 is 0 Å². The predicted octanol–water partition coefficient (Wildman–Crippen LogP) is 1.88. The van der Waals surface area contributed by atoms with E-state index in [1.165, 1.54) is 0 Å². The van der Waals surface area contributed by atoms with Crippen molar-refractivity contribution in [2.24, 2.45) is 0 Å². The third-order valence-electron chi connectivity index (χ3n) is 1.72. The van der Waals surface area contributed by atoms with Gasteiger partial charge in [-0.2, -0.15) is 0 Å². The maximum Gasteiger partial charge on any atom is 0.257 e. The first-order valence-electron chi connectivity index (χ1n) is 4.23. The molecule has 4 heteroatoms. The average molecular weight is 258 g/mol. The van der Waals surface area contributed by atoms with Gasteiger partial charge in [0.05, 0.1) is 4.47 Å². The number of amides is 1. The Kier molecular flexibility index (Phi) is 3.95. The van der Waals surface area contributed by atoms with E-state index in [-0.39, 0.29) is 12.5 Å². The molecular formula is C10H12BrNO2. The number of nitrogens with one attached hydrogen (secondary N) is 1. The SMILES string of the molecule is CNC(=O)COc1ccc(C)cc1Br. The van der Waals surface area contributed by atoms with E-state index in [0.29, 0.717) is 5.75 Å². The van der Waals surface area contributed by atoms with Crippen molar-refractivity contribution in [3.63, 3.8) is 0 Å². The predicted molar refractivity (Wildman–Crippen MR) is 58.4 cm³/mol. The van der Waals surface area contributed by atoms with Crippen molar-refractivity contribution in [2.75, 3.05) is 13.7 Å². The van der Waals surface area contributed by atoms with Gasteiger partial charge in [0.15, 0.2) is 6.61 Å². The highest BCUT2D eigenvalue weighted by atomic mass is 79.9. The van der Waals surface area contributed by atoms with Crippen LogP contribution in [0.2, 0.25) is 0 Å². The highest BCUT2D eigenvalue weighted by Gasteiger charge is 2.03. The van der Waals surface area contributed by atoms with Crippen molar-refractivity contribution in [3.8, 4) is 5.75 Å². The van der Waals surface area contributed by atoms with E-state index < -0.39 is 0 Å². The second kappa shape index (κ2) is 5.00. The van der Waals surface area contributed by atoms with Crippen molar-refractivity contribution >= 4 is 21.8 Å². The zero-order chi connectivity index (χ0) is 10.6. The fourth-order valence-corrected chi connectivity index (χ4v) is 1.55. The van der Waals surface area contributed by atoms with Gasteiger partial charge in [-0.25, -0.2) is 0 Å². The van der Waals surface area contributed by atoms with Crippen LogP contribution in [0.4, 0.5) is 0 Å². The molecule has 14 heavy (non-hydrogen) atoms. The molecule has 0 aliphatic carbocycles. The largest absolute Gasteiger partial charge is 0.483 e. The van der Waals surface area contributed by atoms with E-state index in [0.717, 1.165) is 10.0 Å². The van der Waals surface area contributed by atoms with Gasteiger partial charge in [-0.15, -0.1) is 0 Å². The number of hydrogen-bond acceptors (Lipinski definition) is 2. The molecule has 0 heterocycles. The van der Waals surface area contributed by atoms with E-state index in [1.807, 2.05) is 25.1 Å². The lowest BCUT2D eigenvalue weighted by atomic mass is 10.2. The highest BCUT2D eigenvalue weighted by Crippen LogP contribution is 2.25. The molecule has 3 nitrogen and oxygen atoms in total. The fraction of sp³-hybridized carbons (Fsp3) is 0.300. The Bertz CT molecular complexity index is 339. The van der Waals surface area contributed by atoms with Crippen molar-refractivity contribution in [3.05, 3.63) is 28.2 Å². The van der Waals surface area contributed by atoms with Crippen LogP contribution in [0.3, 0.4) is 0 Å². The first-order chi connectivity index (χ1) is 6.63. The van der Waals surface area contributed by atoms with Crippen LogP contribution in [0.15, 0.2) is 22.7 Å². The molecule has 0 saturated carbocycles. The molecule has 1 N–H and O–H groups in total. The normalized spacial score (nSPS) is 9.64. The maximum atomic E-state index is 10.9. The van der Waals surface area contributed by atoms with Crippen LogP contribution >= 0.6 is 15.9 Å². The summed E-state index contributed by atoms with van der Waals surface area (Å²) in [4.78, 5) is 10.9. The van der Waals surface area contributed by atoms with Crippen LogP contribution in [-0.2, 0) is 4.79 Å². The summed E-state index contributed by atoms with van der Waals surface area (Å²) in [7, 11) is 1.58. The number of ether oxygens (including phenoxy) is 1. The van der Waals surface area contributed by atoms with Gasteiger partial charge < -0.3 is 10.1 Å². The van der Waals surface area contributed by atoms with Crippen molar-refractivity contribution in [2.45, 2.75) is 6.92 Å². The van der Waals surface area contributed by atoms with E-state index in [1.54, 1.807) is 7.05 Å². The van der Waals surface area contributed by atoms with Crippen molar-refractivity contribution in [1.82, 2.24) is 5.32 Å². The molecule has 1 aromatic rings. The summed E-state index contributed by atoms with van der Waals surface area (Å²) < 4.78 is 6.15. The highest BCUT2D eigenvalue weighted by molar-refractivity contribution is 9.10. The number of carbonyl (C=O) groups excluding carboxylic acids is 1. The van der Waals surface area contributed by atoms with Crippen molar-refractivity contribution in [1.29, 1.82) is 0 Å². The Morgan fingerprint density at radius 3 is 2.86 bits per heavy atom. The molecule has 0 aromatic heterocycles. The summed E-state index contributed by atoms with van der Waals surface area (Å²) in [5, 5.41) is 2.49. The van der Waals surface area contributed by atoms with Crippen LogP contribution in [0.5, 0.6) is 5.75 Å². The summed E-state index contributed by atoms with van der Waals surface area (Å²) in [6, 6.07) is 5.71. The summed E-state index contributed by atoms with van der Waals surface area (Å²) in [6.45, 7) is 2.03. The van der Waals surface area contributed by atoms with Crippen molar-refractivity contribution < 1.29 is 9.53 Å². The van der Waals surface area contributed by atoms with Gasteiger partial charge in [-0.3, -0.25) is 4.79 Å². The fourth-order valence-electron chi connectivity index (χ4n) is 0.938. The number of benzene rings is 1. The molecule has 1 rings (SSSR count). The minimum atomic E-state index is -0.141. The van der Waals surface area contributed by atoms with Crippen LogP contribution in [-0.4, -0.2) is 19.6 Å². The maximum absolute atomic E-state index is 10.9. The monoisotopic (exact) mass is 257 g/mol. The molecule has 0 aliphatic rings. The summed E-state index contributed by atoms with van der Waals surface area (Å²) >= 11 is 3.36. The second-order valence-corrected chi connectivity index (χ2v) is 3.75. The standard InChI is InChI=1S/C10H12BrNO2/c1-7-3-4-9(8(11)5-7)14-6-10(13)12-2/h3-5H,6H2,1-2H3,(H,12,13). The Balaban J connectivity index is 2.63. The van der Waals surface area contributed by atoms with E-state index in [2.05, 4.69) is 21.2 Å². The van der Waals surface area contributed by atoms with Gasteiger partial charge in [0, 0.05) is 7.05 Å². The van der Waals surface area contributed by atoms with Crippen LogP contribution in [0.1, 0.15) is 5.56 Å². The number of halogens is 1.